The molecular formula is C17H25NO3. The SMILES string of the molecule is CC(C)CCOC(=O)c1ccc(NC(=O)C(C)(C)C)cc1. The minimum atomic E-state index is -0.450. The average Bonchev–Trinajstić information content (AvgIpc) is 2.37. The molecule has 0 spiro atoms. The van der Waals surface area contributed by atoms with E-state index in [1.807, 2.05) is 20.8 Å². The van der Waals surface area contributed by atoms with Crippen molar-refractivity contribution in [2.75, 3.05) is 11.9 Å². The van der Waals surface area contributed by atoms with Gasteiger partial charge in [-0.1, -0.05) is 34.6 Å². The summed E-state index contributed by atoms with van der Waals surface area (Å²) in [6.45, 7) is 10.1. The molecule has 4 nitrogen and oxygen atoms in total. The van der Waals surface area contributed by atoms with Crippen molar-refractivity contribution in [2.24, 2.45) is 11.3 Å². The zero-order valence-corrected chi connectivity index (χ0v) is 13.5. The molecule has 0 aromatic heterocycles. The second-order valence-electron chi connectivity index (χ2n) is 6.60. The molecule has 1 aromatic carbocycles. The largest absolute Gasteiger partial charge is 0.462 e. The Hall–Kier alpha value is -1.84. The van der Waals surface area contributed by atoms with Gasteiger partial charge >= 0.3 is 5.97 Å². The quantitative estimate of drug-likeness (QED) is 0.838. The smallest absolute Gasteiger partial charge is 0.338 e. The number of amides is 1. The Morgan fingerprint density at radius 3 is 2.19 bits per heavy atom. The summed E-state index contributed by atoms with van der Waals surface area (Å²) in [7, 11) is 0. The molecule has 0 bridgehead atoms. The van der Waals surface area contributed by atoms with E-state index in [0.717, 1.165) is 6.42 Å². The van der Waals surface area contributed by atoms with Crippen molar-refractivity contribution in [3.63, 3.8) is 0 Å². The average molecular weight is 291 g/mol. The molecule has 0 unspecified atom stereocenters. The van der Waals surface area contributed by atoms with Crippen LogP contribution in [-0.4, -0.2) is 18.5 Å². The third kappa shape index (κ3) is 5.98. The predicted octanol–water partition coefficient (Wildman–Crippen LogP) is 3.87. The van der Waals surface area contributed by atoms with Gasteiger partial charge in [-0.2, -0.15) is 0 Å². The summed E-state index contributed by atoms with van der Waals surface area (Å²) in [6, 6.07) is 6.75. The van der Waals surface area contributed by atoms with Gasteiger partial charge < -0.3 is 10.1 Å². The molecule has 0 saturated carbocycles. The number of rotatable bonds is 5. The fraction of sp³-hybridized carbons (Fsp3) is 0.529. The van der Waals surface area contributed by atoms with E-state index in [2.05, 4.69) is 19.2 Å². The summed E-state index contributed by atoms with van der Waals surface area (Å²) in [4.78, 5) is 23.7. The molecule has 0 aliphatic rings. The van der Waals surface area contributed by atoms with Crippen molar-refractivity contribution in [1.29, 1.82) is 0 Å². The number of ether oxygens (including phenoxy) is 1. The van der Waals surface area contributed by atoms with E-state index in [9.17, 15) is 9.59 Å². The Labute approximate surface area is 126 Å². The van der Waals surface area contributed by atoms with Crippen molar-refractivity contribution in [2.45, 2.75) is 41.0 Å². The number of esters is 1. The van der Waals surface area contributed by atoms with Crippen LogP contribution in [-0.2, 0) is 9.53 Å². The number of hydrogen-bond donors (Lipinski definition) is 1. The van der Waals surface area contributed by atoms with Gasteiger partial charge in [-0.15, -0.1) is 0 Å². The first-order chi connectivity index (χ1) is 9.70. The third-order valence-electron chi connectivity index (χ3n) is 2.99. The summed E-state index contributed by atoms with van der Waals surface area (Å²) in [6.07, 6.45) is 0.853. The van der Waals surface area contributed by atoms with Crippen molar-refractivity contribution >= 4 is 17.6 Å². The Balaban J connectivity index is 2.57. The van der Waals surface area contributed by atoms with Crippen LogP contribution in [0.5, 0.6) is 0 Å². The highest BCUT2D eigenvalue weighted by Crippen LogP contribution is 2.18. The van der Waals surface area contributed by atoms with Crippen molar-refractivity contribution in [3.8, 4) is 0 Å². The maximum Gasteiger partial charge on any atom is 0.338 e. The summed E-state index contributed by atoms with van der Waals surface area (Å²) in [5.74, 6) is 0.117. The van der Waals surface area contributed by atoms with E-state index in [4.69, 9.17) is 4.74 Å². The Morgan fingerprint density at radius 2 is 1.71 bits per heavy atom. The highest BCUT2D eigenvalue weighted by molar-refractivity contribution is 5.95. The third-order valence-corrected chi connectivity index (χ3v) is 2.99. The lowest BCUT2D eigenvalue weighted by molar-refractivity contribution is -0.123. The summed E-state index contributed by atoms with van der Waals surface area (Å²) in [5, 5.41) is 2.82. The fourth-order valence-corrected chi connectivity index (χ4v) is 1.48. The number of hydrogen-bond acceptors (Lipinski definition) is 3. The van der Waals surface area contributed by atoms with Crippen LogP contribution in [0.2, 0.25) is 0 Å². The minimum Gasteiger partial charge on any atom is -0.462 e. The lowest BCUT2D eigenvalue weighted by Crippen LogP contribution is -2.27. The van der Waals surface area contributed by atoms with Gasteiger partial charge in [0.25, 0.3) is 0 Å². The van der Waals surface area contributed by atoms with Gasteiger partial charge in [-0.25, -0.2) is 4.79 Å². The predicted molar refractivity (Wildman–Crippen MR) is 84.3 cm³/mol. The van der Waals surface area contributed by atoms with Crippen LogP contribution >= 0.6 is 0 Å². The molecule has 1 N–H and O–H groups in total. The first-order valence-electron chi connectivity index (χ1n) is 7.29. The molecule has 0 aliphatic heterocycles. The van der Waals surface area contributed by atoms with Crippen LogP contribution in [0, 0.1) is 11.3 Å². The van der Waals surface area contributed by atoms with Crippen LogP contribution in [0.15, 0.2) is 24.3 Å². The second kappa shape index (κ2) is 7.25. The molecule has 116 valence electrons. The standard InChI is InChI=1S/C17H25NO3/c1-12(2)10-11-21-15(19)13-6-8-14(9-7-13)18-16(20)17(3,4)5/h6-9,12H,10-11H2,1-5H3,(H,18,20). The van der Waals surface area contributed by atoms with E-state index in [-0.39, 0.29) is 11.9 Å². The van der Waals surface area contributed by atoms with Gasteiger partial charge in [0.15, 0.2) is 0 Å². The maximum atomic E-state index is 11.9. The second-order valence-corrected chi connectivity index (χ2v) is 6.60. The number of nitrogens with one attached hydrogen (secondary N) is 1. The van der Waals surface area contributed by atoms with Crippen molar-refractivity contribution < 1.29 is 14.3 Å². The minimum absolute atomic E-state index is 0.0604. The molecule has 4 heteroatoms. The van der Waals surface area contributed by atoms with E-state index in [1.54, 1.807) is 24.3 Å². The number of anilines is 1. The van der Waals surface area contributed by atoms with E-state index >= 15 is 0 Å². The molecule has 21 heavy (non-hydrogen) atoms. The molecule has 0 saturated heterocycles. The monoisotopic (exact) mass is 291 g/mol. The zero-order chi connectivity index (χ0) is 16.0. The number of carbonyl (C=O) groups is 2. The highest BCUT2D eigenvalue weighted by atomic mass is 16.5. The van der Waals surface area contributed by atoms with Gasteiger partial charge in [0, 0.05) is 11.1 Å². The van der Waals surface area contributed by atoms with Crippen LogP contribution in [0.4, 0.5) is 5.69 Å². The number of carbonyl (C=O) groups excluding carboxylic acids is 2. The summed E-state index contributed by atoms with van der Waals surface area (Å²) < 4.78 is 5.19. The molecule has 1 aromatic rings. The van der Waals surface area contributed by atoms with Crippen LogP contribution in [0.25, 0.3) is 0 Å². The first kappa shape index (κ1) is 17.2. The summed E-state index contributed by atoms with van der Waals surface area (Å²) >= 11 is 0. The molecule has 1 amide bonds. The van der Waals surface area contributed by atoms with Crippen LogP contribution in [0.1, 0.15) is 51.4 Å². The van der Waals surface area contributed by atoms with Gasteiger partial charge in [0.2, 0.25) is 5.91 Å². The van der Waals surface area contributed by atoms with E-state index < -0.39 is 5.41 Å². The van der Waals surface area contributed by atoms with E-state index in [0.29, 0.717) is 23.8 Å². The Kier molecular flexibility index (Phi) is 5.94. The molecule has 1 rings (SSSR count). The fourth-order valence-electron chi connectivity index (χ4n) is 1.48. The van der Waals surface area contributed by atoms with Crippen LogP contribution < -0.4 is 5.32 Å². The van der Waals surface area contributed by atoms with Crippen molar-refractivity contribution in [3.05, 3.63) is 29.8 Å². The van der Waals surface area contributed by atoms with Crippen molar-refractivity contribution in [1.82, 2.24) is 0 Å². The van der Waals surface area contributed by atoms with Gasteiger partial charge in [-0.05, 0) is 36.6 Å². The van der Waals surface area contributed by atoms with Crippen LogP contribution in [0.3, 0.4) is 0 Å². The van der Waals surface area contributed by atoms with Gasteiger partial charge in [-0.3, -0.25) is 4.79 Å². The Morgan fingerprint density at radius 1 is 1.14 bits per heavy atom. The summed E-state index contributed by atoms with van der Waals surface area (Å²) in [5.41, 5.74) is 0.718. The maximum absolute atomic E-state index is 11.9. The lowest BCUT2D eigenvalue weighted by Gasteiger charge is -2.17. The molecule has 0 heterocycles. The lowest BCUT2D eigenvalue weighted by atomic mass is 9.95. The Bertz CT molecular complexity index is 484. The molecule has 0 radical (unpaired) electrons. The first-order valence-corrected chi connectivity index (χ1v) is 7.29. The molecule has 0 fully saturated rings. The molecule has 0 atom stereocenters. The van der Waals surface area contributed by atoms with E-state index in [1.165, 1.54) is 0 Å². The molecular weight excluding hydrogens is 266 g/mol. The molecule has 0 aliphatic carbocycles. The zero-order valence-electron chi connectivity index (χ0n) is 13.5. The van der Waals surface area contributed by atoms with Gasteiger partial charge in [0.05, 0.1) is 12.2 Å². The number of benzene rings is 1. The normalized spacial score (nSPS) is 11.3. The van der Waals surface area contributed by atoms with Gasteiger partial charge in [0.1, 0.15) is 0 Å². The highest BCUT2D eigenvalue weighted by Gasteiger charge is 2.21. The topological polar surface area (TPSA) is 55.4 Å².